The summed E-state index contributed by atoms with van der Waals surface area (Å²) in [7, 11) is 2.33. The second-order valence-corrected chi connectivity index (χ2v) is 24.8. The van der Waals surface area contributed by atoms with Gasteiger partial charge in [0.05, 0.1) is 21.3 Å². The number of halogens is 2. The van der Waals surface area contributed by atoms with Gasteiger partial charge in [-0.05, 0) is 83.1 Å². The van der Waals surface area contributed by atoms with E-state index in [0.29, 0.717) is 13.0 Å². The van der Waals surface area contributed by atoms with Crippen LogP contribution in [-0.4, -0.2) is 122 Å². The molecule has 0 radical (unpaired) electrons. The van der Waals surface area contributed by atoms with Gasteiger partial charge in [-0.25, -0.2) is 0 Å². The molecule has 1 N–H and O–H groups in total. The Bertz CT molecular complexity index is 1660. The molecule has 2 aromatic rings. The number of hydrogen-bond acceptors (Lipinski definition) is 9. The van der Waals surface area contributed by atoms with Crippen molar-refractivity contribution in [2.24, 2.45) is 0 Å². The van der Waals surface area contributed by atoms with Crippen molar-refractivity contribution in [1.82, 2.24) is 10.2 Å². The summed E-state index contributed by atoms with van der Waals surface area (Å²) in [6.45, 7) is 45.3. The third kappa shape index (κ3) is 73.7. The highest BCUT2D eigenvalue weighted by molar-refractivity contribution is 6.89. The smallest absolute Gasteiger partial charge is 0.352 e. The van der Waals surface area contributed by atoms with E-state index in [-0.39, 0.29) is 36.2 Å². The van der Waals surface area contributed by atoms with Gasteiger partial charge in [0.15, 0.2) is 0 Å². The zero-order chi connectivity index (χ0) is 63.9. The molecule has 2 rings (SSSR count). The van der Waals surface area contributed by atoms with Crippen molar-refractivity contribution in [3.05, 3.63) is 54.6 Å². The van der Waals surface area contributed by atoms with Gasteiger partial charge in [-0.2, -0.15) is 8.78 Å². The van der Waals surface area contributed by atoms with Gasteiger partial charge < -0.3 is 39.0 Å². The molecule has 0 spiro atoms. The largest absolute Gasteiger partial charge is 0.466 e. The molecule has 0 fully saturated rings. The molecule has 0 aromatic heterocycles. The number of ether oxygens (including phenoxy) is 4. The maximum Gasteiger partial charge on any atom is 0.352 e. The number of para-hydroxylation sites is 1. The number of carbonyl (C=O) groups is 5. The zero-order valence-electron chi connectivity index (χ0n) is 56.1. The lowest BCUT2D eigenvalue weighted by molar-refractivity contribution is -0.224. The third-order valence-corrected chi connectivity index (χ3v) is 14.5. The molecular formula is C65H126F2N4O9Si. The second kappa shape index (κ2) is 66.5. The minimum atomic E-state index is -2.95. The fourth-order valence-electron chi connectivity index (χ4n) is 5.91. The van der Waals surface area contributed by atoms with Crippen molar-refractivity contribution in [1.29, 1.82) is 0 Å². The Hall–Kier alpha value is -4.25. The number of carbonyl (C=O) groups excluding carboxylic acids is 5. The van der Waals surface area contributed by atoms with Gasteiger partial charge in [-0.15, -0.1) is 0 Å². The first-order chi connectivity index (χ1) is 38.2. The average Bonchev–Trinajstić information content (AvgIpc) is 3.41. The van der Waals surface area contributed by atoms with Crippen LogP contribution < -0.4 is 20.3 Å². The maximum atomic E-state index is 11.8. The fourth-order valence-corrected chi connectivity index (χ4v) is 8.53. The van der Waals surface area contributed by atoms with Crippen LogP contribution in [0.25, 0.3) is 0 Å². The van der Waals surface area contributed by atoms with E-state index in [1.54, 1.807) is 30.6 Å². The molecule has 0 bridgehead atoms. The lowest BCUT2D eigenvalue weighted by atomic mass is 10.2. The number of hydrogen-bond donors (Lipinski definition) is 1. The number of alkyl halides is 2. The van der Waals surface area contributed by atoms with Crippen LogP contribution >= 0.6 is 0 Å². The molecule has 0 heterocycles. The quantitative estimate of drug-likeness (QED) is 0.0500. The minimum Gasteiger partial charge on any atom is -0.466 e. The number of nitrogens with one attached hydrogen (secondary N) is 1. The molecule has 81 heavy (non-hydrogen) atoms. The van der Waals surface area contributed by atoms with Gasteiger partial charge in [-0.1, -0.05) is 175 Å². The molecule has 2 aromatic carbocycles. The van der Waals surface area contributed by atoms with E-state index < -0.39 is 14.2 Å². The lowest BCUT2D eigenvalue weighted by Gasteiger charge is -2.24. The molecule has 13 nitrogen and oxygen atoms in total. The van der Waals surface area contributed by atoms with Crippen LogP contribution in [0.4, 0.5) is 20.2 Å². The van der Waals surface area contributed by atoms with E-state index >= 15 is 0 Å². The molecule has 0 aliphatic rings. The summed E-state index contributed by atoms with van der Waals surface area (Å²) in [5.74, 6) is 0.238. The number of nitrogens with zero attached hydrogens (tertiary/aromatic N) is 3. The van der Waals surface area contributed by atoms with E-state index in [2.05, 4.69) is 108 Å². The number of unbranched alkanes of at least 4 members (excludes halogenated alkanes) is 6. The highest BCUT2D eigenvalue weighted by atomic mass is 28.3. The van der Waals surface area contributed by atoms with Crippen LogP contribution in [0.15, 0.2) is 54.6 Å². The van der Waals surface area contributed by atoms with E-state index in [9.17, 15) is 32.8 Å². The van der Waals surface area contributed by atoms with Crippen molar-refractivity contribution < 1.29 is 51.7 Å². The lowest BCUT2D eigenvalue weighted by Crippen LogP contribution is -2.41. The number of rotatable bonds is 28. The van der Waals surface area contributed by atoms with Crippen LogP contribution in [0.3, 0.4) is 0 Å². The molecule has 478 valence electrons. The van der Waals surface area contributed by atoms with Crippen molar-refractivity contribution in [2.45, 2.75) is 246 Å². The predicted molar refractivity (Wildman–Crippen MR) is 346 cm³/mol. The van der Waals surface area contributed by atoms with Gasteiger partial charge in [0.2, 0.25) is 23.6 Å². The summed E-state index contributed by atoms with van der Waals surface area (Å²) >= 11 is 0. The Balaban J connectivity index is -0.000000157. The molecule has 0 atom stereocenters. The highest BCUT2D eigenvalue weighted by Gasteiger charge is 2.23. The van der Waals surface area contributed by atoms with E-state index in [0.717, 1.165) is 129 Å². The normalized spacial score (nSPS) is 9.88. The number of amides is 4. The van der Waals surface area contributed by atoms with Gasteiger partial charge >= 0.3 is 12.1 Å². The monoisotopic (exact) mass is 1170 g/mol. The highest BCUT2D eigenvalue weighted by Crippen LogP contribution is 2.18. The van der Waals surface area contributed by atoms with Crippen LogP contribution in [-0.2, 0) is 42.9 Å². The van der Waals surface area contributed by atoms with E-state index in [1.165, 1.54) is 50.8 Å². The first-order valence-corrected chi connectivity index (χ1v) is 33.8. The molecule has 16 heteroatoms. The Morgan fingerprint density at radius 2 is 1.01 bits per heavy atom. The summed E-state index contributed by atoms with van der Waals surface area (Å²) in [6.07, 6.45) is 13.4. The molecular weight excluding hydrogens is 1050 g/mol. The van der Waals surface area contributed by atoms with E-state index in [1.807, 2.05) is 76.2 Å². The summed E-state index contributed by atoms with van der Waals surface area (Å²) in [4.78, 5) is 58.9. The van der Waals surface area contributed by atoms with Crippen molar-refractivity contribution in [3.63, 3.8) is 0 Å². The van der Waals surface area contributed by atoms with Crippen molar-refractivity contribution in [2.75, 3.05) is 83.2 Å². The van der Waals surface area contributed by atoms with Gasteiger partial charge in [0.1, 0.15) is 0 Å². The molecule has 4 amide bonds. The molecule has 0 aliphatic heterocycles. The molecule has 0 aliphatic carbocycles. The SMILES string of the molecule is CCC.CCCCN(C(C)=O)c1ccccc1.CCCCN(C)C(C)=O.CCCCNC(C)=O.CCCCOC(C)(F)F.CCCCOC(C)=O.CCCCOCC.CCCOCC.CCC[Si](C)(C)c1cccc(N(C)C(C)=O)c1. The minimum absolute atomic E-state index is 0.0680. The molecule has 0 saturated heterocycles. The Kier molecular flexibility index (Phi) is 74.4. The first-order valence-electron chi connectivity index (χ1n) is 30.6. The molecule has 0 saturated carbocycles. The number of anilines is 2. The predicted octanol–water partition coefficient (Wildman–Crippen LogP) is 16.5. The van der Waals surface area contributed by atoms with Crippen LogP contribution in [0.1, 0.15) is 221 Å². The van der Waals surface area contributed by atoms with Crippen molar-refractivity contribution >= 4 is 54.2 Å². The summed E-state index contributed by atoms with van der Waals surface area (Å²) in [5, 5.41) is 4.14. The second-order valence-electron chi connectivity index (χ2n) is 19.9. The van der Waals surface area contributed by atoms with E-state index in [4.69, 9.17) is 9.47 Å². The molecule has 0 unspecified atom stereocenters. The first kappa shape index (κ1) is 90.5. The maximum absolute atomic E-state index is 11.8. The average molecular weight is 1170 g/mol. The van der Waals surface area contributed by atoms with Gasteiger partial charge in [0, 0.05) is 113 Å². The fraction of sp³-hybridized carbons (Fsp3) is 0.738. The summed E-state index contributed by atoms with van der Waals surface area (Å²) in [6, 6.07) is 19.6. The number of benzene rings is 2. The summed E-state index contributed by atoms with van der Waals surface area (Å²) < 4.78 is 42.5. The summed E-state index contributed by atoms with van der Waals surface area (Å²) in [5.41, 5.74) is 2.00. The van der Waals surface area contributed by atoms with Gasteiger partial charge in [-0.3, -0.25) is 24.0 Å². The Morgan fingerprint density at radius 3 is 1.41 bits per heavy atom. The van der Waals surface area contributed by atoms with Crippen LogP contribution in [0, 0.1) is 0 Å². The third-order valence-electron chi connectivity index (χ3n) is 10.9. The van der Waals surface area contributed by atoms with Gasteiger partial charge in [0.25, 0.3) is 0 Å². The standard InChI is InChI=1S/C14H23NOSi.C12H17NO.C7H15NO.C6H12F2O.C6H13NO.C6H12O2.C6H14O.C5H12O.C3H8/c1-6-10-17(4,5)14-9-7-8-13(11-14)15(3)12(2)16;1-3-4-10-13(11(2)14)12-8-6-5-7-9-12;1-4-5-6-8(3)7(2)9;1-3-4-5-9-6(2,7)8;1-3-4-5-7-6(2)8;1-3-4-5-8-6(2)7;1-3-5-6-7-4-2;1-3-5-6-4-2;1-3-2/h7-9,11H,6,10H2,1-5H3;5-9H,3-4,10H2,1-2H3;4-6H2,1-3H3;3-5H2,1-2H3;3-5H2,1-2H3,(H,7,8);3-5H2,1-2H3;3-6H2,1-2H3;3-5H2,1-2H3;3H2,1-2H3. The zero-order valence-corrected chi connectivity index (χ0v) is 57.1. The topological polar surface area (TPSA) is 144 Å². The number of esters is 1. The Labute approximate surface area is 498 Å². The Morgan fingerprint density at radius 1 is 0.543 bits per heavy atom. The van der Waals surface area contributed by atoms with Crippen molar-refractivity contribution in [3.8, 4) is 0 Å². The van der Waals surface area contributed by atoms with Crippen LogP contribution in [0.5, 0.6) is 0 Å². The van der Waals surface area contributed by atoms with Crippen LogP contribution in [0.2, 0.25) is 19.1 Å².